The first-order valence-corrected chi connectivity index (χ1v) is 32.0. The number of hydrogen-bond donors (Lipinski definition) is 1. The van der Waals surface area contributed by atoms with Gasteiger partial charge in [0.25, 0.3) is 0 Å². The Morgan fingerprint density at radius 2 is 0.675 bits per heavy atom. The van der Waals surface area contributed by atoms with E-state index >= 15 is 0 Å². The normalized spacial score (nSPS) is 14.5. The molecule has 9 nitrogen and oxygen atoms in total. The van der Waals surface area contributed by atoms with Crippen LogP contribution in [-0.2, 0) is 32.7 Å². The lowest BCUT2D eigenvalue weighted by atomic mass is 10.1. The number of phosphoric acid groups is 1. The van der Waals surface area contributed by atoms with Gasteiger partial charge in [-0.2, -0.15) is 0 Å². The van der Waals surface area contributed by atoms with Gasteiger partial charge in [-0.1, -0.05) is 228 Å². The van der Waals surface area contributed by atoms with Gasteiger partial charge in [0.15, 0.2) is 6.10 Å². The van der Waals surface area contributed by atoms with E-state index in [1.807, 2.05) is 21.1 Å². The Balaban J connectivity index is 4.32. The minimum Gasteiger partial charge on any atom is -0.462 e. The van der Waals surface area contributed by atoms with Crippen LogP contribution in [0.25, 0.3) is 0 Å². The molecule has 0 fully saturated rings. The van der Waals surface area contributed by atoms with Crippen molar-refractivity contribution < 1.29 is 42.1 Å². The van der Waals surface area contributed by atoms with Crippen LogP contribution in [0.1, 0.15) is 194 Å². The molecule has 0 aliphatic carbocycles. The summed E-state index contributed by atoms with van der Waals surface area (Å²) in [7, 11) is 1.41. The molecule has 0 aromatic heterocycles. The Bertz CT molecular complexity index is 2000. The fourth-order valence-corrected chi connectivity index (χ4v) is 8.04. The van der Waals surface area contributed by atoms with Crippen LogP contribution in [0.4, 0.5) is 0 Å². The van der Waals surface area contributed by atoms with Gasteiger partial charge in [-0.15, -0.1) is 0 Å². The van der Waals surface area contributed by atoms with Crippen molar-refractivity contribution >= 4 is 19.8 Å². The molecule has 0 radical (unpaired) electrons. The summed E-state index contributed by atoms with van der Waals surface area (Å²) >= 11 is 0. The molecule has 2 atom stereocenters. The van der Waals surface area contributed by atoms with E-state index in [1.165, 1.54) is 0 Å². The highest BCUT2D eigenvalue weighted by atomic mass is 31.2. The van der Waals surface area contributed by atoms with E-state index in [-0.39, 0.29) is 26.1 Å². The van der Waals surface area contributed by atoms with Gasteiger partial charge >= 0.3 is 19.8 Å². The van der Waals surface area contributed by atoms with E-state index in [1.54, 1.807) is 0 Å². The van der Waals surface area contributed by atoms with Gasteiger partial charge in [0, 0.05) is 12.8 Å². The second-order valence-electron chi connectivity index (χ2n) is 20.6. The summed E-state index contributed by atoms with van der Waals surface area (Å²) < 4.78 is 34.5. The lowest BCUT2D eigenvalue weighted by molar-refractivity contribution is -0.870. The molecule has 1 N–H and O–H groups in total. The number of allylic oxidation sites excluding steroid dienone is 30. The van der Waals surface area contributed by atoms with E-state index in [4.69, 9.17) is 18.5 Å². The van der Waals surface area contributed by atoms with Crippen molar-refractivity contribution in [2.45, 2.75) is 200 Å². The van der Waals surface area contributed by atoms with E-state index in [0.717, 1.165) is 154 Å². The van der Waals surface area contributed by atoms with Crippen LogP contribution in [-0.4, -0.2) is 74.9 Å². The fourth-order valence-electron chi connectivity index (χ4n) is 7.30. The maximum atomic E-state index is 12.8. The summed E-state index contributed by atoms with van der Waals surface area (Å²) in [5.41, 5.74) is 0. The predicted molar refractivity (Wildman–Crippen MR) is 343 cm³/mol. The van der Waals surface area contributed by atoms with Crippen molar-refractivity contribution in [3.8, 4) is 0 Å². The van der Waals surface area contributed by atoms with E-state index in [0.29, 0.717) is 23.9 Å². The third kappa shape index (κ3) is 62.3. The molecule has 448 valence electrons. The van der Waals surface area contributed by atoms with Crippen molar-refractivity contribution in [2.75, 3.05) is 47.5 Å². The highest BCUT2D eigenvalue weighted by Crippen LogP contribution is 2.43. The quantitative estimate of drug-likeness (QED) is 0.0211. The number of carbonyl (C=O) groups is 2. The molecule has 10 heteroatoms. The van der Waals surface area contributed by atoms with Crippen LogP contribution in [0.5, 0.6) is 0 Å². The first-order chi connectivity index (χ1) is 39.0. The zero-order valence-electron chi connectivity index (χ0n) is 50.7. The van der Waals surface area contributed by atoms with Crippen molar-refractivity contribution in [3.63, 3.8) is 0 Å². The lowest BCUT2D eigenvalue weighted by Crippen LogP contribution is -2.37. The van der Waals surface area contributed by atoms with Crippen LogP contribution < -0.4 is 0 Å². The van der Waals surface area contributed by atoms with Crippen LogP contribution >= 0.6 is 7.82 Å². The fraction of sp³-hybridized carbons (Fsp3) is 0.543. The van der Waals surface area contributed by atoms with Gasteiger partial charge < -0.3 is 18.9 Å². The average molecular weight is 1130 g/mol. The molecule has 0 saturated heterocycles. The Labute approximate surface area is 489 Å². The third-order valence-electron chi connectivity index (χ3n) is 11.9. The number of quaternary nitrogens is 1. The Hall–Kier alpha value is -4.89. The lowest BCUT2D eigenvalue weighted by Gasteiger charge is -2.24. The first kappa shape index (κ1) is 75.1. The van der Waals surface area contributed by atoms with Gasteiger partial charge in [-0.05, 0) is 135 Å². The number of unbranched alkanes of at least 4 members (excludes halogenated alkanes) is 9. The zero-order chi connectivity index (χ0) is 58.4. The number of carbonyl (C=O) groups excluding carboxylic acids is 2. The van der Waals surface area contributed by atoms with Gasteiger partial charge in [0.1, 0.15) is 19.8 Å². The smallest absolute Gasteiger partial charge is 0.462 e. The number of ether oxygens (including phenoxy) is 2. The molecule has 0 aliphatic heterocycles. The summed E-state index contributed by atoms with van der Waals surface area (Å²) in [5, 5.41) is 0. The number of likely N-dealkylation sites (N-methyl/N-ethyl adjacent to an activating group) is 1. The SMILES string of the molecule is CC/C=C\C/C=C\C/C=C\C/C=C\C/C=C\C/C=C\C/C=C\C/C=C\CCCCCCCCC(=O)OC(COC(=O)CCCCC/C=C\C/C=C\C/C=C\C/C=C\C/C=C\C/C=C\C/C=C\CC)COP(=O)(O)OCC[N+](C)(C)C. The number of rotatable bonds is 53. The average Bonchev–Trinajstić information content (AvgIpc) is 3.42. The largest absolute Gasteiger partial charge is 0.472 e. The second kappa shape index (κ2) is 58.8. The minimum atomic E-state index is -4.42. The third-order valence-corrected chi connectivity index (χ3v) is 12.9. The molecule has 0 spiro atoms. The maximum absolute atomic E-state index is 12.8. The van der Waals surface area contributed by atoms with Crippen molar-refractivity contribution in [3.05, 3.63) is 182 Å². The van der Waals surface area contributed by atoms with E-state index in [9.17, 15) is 19.0 Å². The molecule has 0 amide bonds. The number of hydrogen-bond acceptors (Lipinski definition) is 7. The van der Waals surface area contributed by atoms with Gasteiger partial charge in [0.2, 0.25) is 0 Å². The van der Waals surface area contributed by atoms with Crippen molar-refractivity contribution in [2.24, 2.45) is 0 Å². The summed E-state index contributed by atoms with van der Waals surface area (Å²) in [6, 6.07) is 0. The van der Waals surface area contributed by atoms with Crippen molar-refractivity contribution in [1.82, 2.24) is 0 Å². The monoisotopic (exact) mass is 1120 g/mol. The topological polar surface area (TPSA) is 108 Å². The van der Waals surface area contributed by atoms with Crippen LogP contribution in [0.3, 0.4) is 0 Å². The second-order valence-corrected chi connectivity index (χ2v) is 22.1. The highest BCUT2D eigenvalue weighted by Gasteiger charge is 2.27. The molecule has 80 heavy (non-hydrogen) atoms. The summed E-state index contributed by atoms with van der Waals surface area (Å²) in [5.74, 6) is -0.871. The minimum absolute atomic E-state index is 0.0110. The summed E-state index contributed by atoms with van der Waals surface area (Å²) in [6.45, 7) is 4.11. The van der Waals surface area contributed by atoms with E-state index in [2.05, 4.69) is 196 Å². The molecular weight excluding hydrogens is 1010 g/mol. The standard InChI is InChI=1S/C70H110NO8P/c1-6-8-10-12-14-16-18-20-22-24-26-28-30-32-33-34-35-36-37-39-41-43-45-47-49-51-53-55-57-59-61-63-70(73)79-68(67-78-80(74,75)77-65-64-71(3,4)5)66-76-69(72)62-60-58-56-54-52-50-48-46-44-42-40-38-31-29-27-25-23-21-19-17-15-13-11-9-7-2/h8-11,14-17,20-23,26-29,32-33,35-36,38-41,44-47,50,52,68H,6-7,12-13,18-19,24-25,30-31,34,37,42-43,48-49,51,53-67H2,1-5H3/p+1/b10-8-,11-9-,16-14-,17-15-,22-20-,23-21-,28-26-,29-27-,33-32-,36-35-,40-38-,41-39-,46-44-,47-45-,52-50-. The predicted octanol–water partition coefficient (Wildman–Crippen LogP) is 19.6. The molecule has 0 aromatic carbocycles. The molecule has 0 aliphatic rings. The molecule has 2 unspecified atom stereocenters. The number of phosphoric ester groups is 1. The zero-order valence-corrected chi connectivity index (χ0v) is 51.6. The van der Waals surface area contributed by atoms with Gasteiger partial charge in [-0.3, -0.25) is 18.6 Å². The Morgan fingerprint density at radius 1 is 0.388 bits per heavy atom. The van der Waals surface area contributed by atoms with Crippen LogP contribution in [0.2, 0.25) is 0 Å². The van der Waals surface area contributed by atoms with Gasteiger partial charge in [-0.25, -0.2) is 4.57 Å². The Morgan fingerprint density at radius 3 is 1.01 bits per heavy atom. The molecule has 0 aromatic rings. The molecule has 0 bridgehead atoms. The van der Waals surface area contributed by atoms with Crippen LogP contribution in [0.15, 0.2) is 182 Å². The van der Waals surface area contributed by atoms with Crippen molar-refractivity contribution in [1.29, 1.82) is 0 Å². The molecule has 0 heterocycles. The first-order valence-electron chi connectivity index (χ1n) is 30.5. The number of esters is 2. The molecule has 0 rings (SSSR count). The maximum Gasteiger partial charge on any atom is 0.472 e. The Kier molecular flexibility index (Phi) is 55.2. The molecule has 0 saturated carbocycles. The van der Waals surface area contributed by atoms with Crippen LogP contribution in [0, 0.1) is 0 Å². The highest BCUT2D eigenvalue weighted by molar-refractivity contribution is 7.47. The summed E-state index contributed by atoms with van der Waals surface area (Å²) in [6.07, 6.45) is 91.0. The summed E-state index contributed by atoms with van der Waals surface area (Å²) in [4.78, 5) is 35.7. The molecular formula is C70H111NO8P+. The number of nitrogens with zero attached hydrogens (tertiary/aromatic N) is 1. The van der Waals surface area contributed by atoms with Gasteiger partial charge in [0.05, 0.1) is 27.7 Å². The van der Waals surface area contributed by atoms with E-state index < -0.39 is 32.5 Å².